The summed E-state index contributed by atoms with van der Waals surface area (Å²) in [7, 11) is 0. The maximum absolute atomic E-state index is 13.5. The van der Waals surface area contributed by atoms with E-state index >= 15 is 0 Å². The van der Waals surface area contributed by atoms with E-state index in [0.29, 0.717) is 17.4 Å². The predicted octanol–water partition coefficient (Wildman–Crippen LogP) is 2.70. The normalized spacial score (nSPS) is 9.93. The molecule has 1 aromatic heterocycles. The van der Waals surface area contributed by atoms with Gasteiger partial charge in [0.25, 0.3) is 0 Å². The van der Waals surface area contributed by atoms with Crippen molar-refractivity contribution in [2.45, 2.75) is 0 Å². The number of carbonyl (C=O) groups is 1. The lowest BCUT2D eigenvalue weighted by Crippen LogP contribution is -1.93. The van der Waals surface area contributed by atoms with Crippen LogP contribution in [0.15, 0.2) is 42.7 Å². The highest BCUT2D eigenvalue weighted by atomic mass is 19.1. The van der Waals surface area contributed by atoms with Gasteiger partial charge in [-0.05, 0) is 5.56 Å². The van der Waals surface area contributed by atoms with E-state index in [1.807, 2.05) is 6.07 Å². The summed E-state index contributed by atoms with van der Waals surface area (Å²) in [6.45, 7) is 0. The number of rotatable bonds is 2. The number of nitrogens with zero attached hydrogens (tertiary/aromatic N) is 1. The molecule has 0 N–H and O–H groups in total. The van der Waals surface area contributed by atoms with E-state index in [1.54, 1.807) is 24.3 Å². The fourth-order valence-electron chi connectivity index (χ4n) is 1.45. The number of benzene rings is 1. The summed E-state index contributed by atoms with van der Waals surface area (Å²) in [5.74, 6) is -0.481. The van der Waals surface area contributed by atoms with E-state index in [9.17, 15) is 9.18 Å². The van der Waals surface area contributed by atoms with Crippen LogP contribution in [0, 0.1) is 5.82 Å². The van der Waals surface area contributed by atoms with Gasteiger partial charge < -0.3 is 0 Å². The molecule has 0 unspecified atom stereocenters. The van der Waals surface area contributed by atoms with Gasteiger partial charge in [-0.15, -0.1) is 0 Å². The second-order valence-corrected chi connectivity index (χ2v) is 3.07. The molecule has 2 aromatic rings. The molecule has 3 heteroatoms. The third-order valence-electron chi connectivity index (χ3n) is 2.12. The molecule has 0 amide bonds. The predicted molar refractivity (Wildman–Crippen MR) is 55.0 cm³/mol. The lowest BCUT2D eigenvalue weighted by atomic mass is 10.0. The van der Waals surface area contributed by atoms with Gasteiger partial charge in [0.15, 0.2) is 6.29 Å². The summed E-state index contributed by atoms with van der Waals surface area (Å²) in [4.78, 5) is 14.4. The van der Waals surface area contributed by atoms with Crippen LogP contribution in [0.2, 0.25) is 0 Å². The van der Waals surface area contributed by atoms with Crippen LogP contribution in [-0.4, -0.2) is 11.3 Å². The standard InChI is InChI=1S/C12H8FNO/c13-11-7-14-6-10(8-15)12(11)9-4-2-1-3-5-9/h1-8H. The molecule has 2 rings (SSSR count). The van der Waals surface area contributed by atoms with Crippen molar-refractivity contribution in [1.29, 1.82) is 0 Å². The Kier molecular flexibility index (Phi) is 2.54. The first kappa shape index (κ1) is 9.52. The summed E-state index contributed by atoms with van der Waals surface area (Å²) in [5.41, 5.74) is 1.25. The smallest absolute Gasteiger partial charge is 0.152 e. The molecule has 0 fully saturated rings. The SMILES string of the molecule is O=Cc1cncc(F)c1-c1ccccc1. The molecule has 0 radical (unpaired) electrons. The van der Waals surface area contributed by atoms with Crippen molar-refractivity contribution in [3.63, 3.8) is 0 Å². The molecule has 1 aromatic carbocycles. The molecule has 2 nitrogen and oxygen atoms in total. The third-order valence-corrected chi connectivity index (χ3v) is 2.12. The number of hydrogen-bond acceptors (Lipinski definition) is 2. The van der Waals surface area contributed by atoms with Crippen LogP contribution < -0.4 is 0 Å². The van der Waals surface area contributed by atoms with Gasteiger partial charge in [0.05, 0.1) is 6.20 Å². The fourth-order valence-corrected chi connectivity index (χ4v) is 1.45. The van der Waals surface area contributed by atoms with Crippen molar-refractivity contribution in [1.82, 2.24) is 4.98 Å². The molecule has 0 atom stereocenters. The van der Waals surface area contributed by atoms with E-state index in [0.717, 1.165) is 6.20 Å². The first-order valence-corrected chi connectivity index (χ1v) is 4.47. The van der Waals surface area contributed by atoms with Gasteiger partial charge in [-0.25, -0.2) is 4.39 Å². The van der Waals surface area contributed by atoms with Crippen LogP contribution in [-0.2, 0) is 0 Å². The first-order valence-electron chi connectivity index (χ1n) is 4.47. The van der Waals surface area contributed by atoms with Gasteiger partial charge in [0, 0.05) is 17.3 Å². The number of pyridine rings is 1. The van der Waals surface area contributed by atoms with Gasteiger partial charge in [-0.2, -0.15) is 0 Å². The minimum absolute atomic E-state index is 0.265. The van der Waals surface area contributed by atoms with Crippen molar-refractivity contribution in [2.75, 3.05) is 0 Å². The summed E-state index contributed by atoms with van der Waals surface area (Å²) < 4.78 is 13.5. The Bertz CT molecular complexity index is 482. The third kappa shape index (κ3) is 1.76. The number of carbonyl (C=O) groups excluding carboxylic acids is 1. The number of hydrogen-bond donors (Lipinski definition) is 0. The van der Waals surface area contributed by atoms with Crippen molar-refractivity contribution >= 4 is 6.29 Å². The van der Waals surface area contributed by atoms with E-state index in [2.05, 4.69) is 4.98 Å². The zero-order valence-electron chi connectivity index (χ0n) is 7.85. The Morgan fingerprint density at radius 3 is 2.53 bits per heavy atom. The van der Waals surface area contributed by atoms with Gasteiger partial charge in [0.1, 0.15) is 5.82 Å². The Morgan fingerprint density at radius 1 is 1.13 bits per heavy atom. The zero-order valence-corrected chi connectivity index (χ0v) is 7.85. The molecule has 15 heavy (non-hydrogen) atoms. The molecule has 0 saturated heterocycles. The summed E-state index contributed by atoms with van der Waals surface area (Å²) in [6.07, 6.45) is 3.08. The Labute approximate surface area is 86.4 Å². The molecule has 0 aliphatic rings. The number of halogens is 1. The lowest BCUT2D eigenvalue weighted by molar-refractivity contribution is 0.112. The highest BCUT2D eigenvalue weighted by Gasteiger charge is 2.09. The first-order chi connectivity index (χ1) is 7.33. The van der Waals surface area contributed by atoms with E-state index in [1.165, 1.54) is 6.20 Å². The Morgan fingerprint density at radius 2 is 1.87 bits per heavy atom. The molecular formula is C12H8FNO. The number of aromatic nitrogens is 1. The van der Waals surface area contributed by atoms with Crippen LogP contribution in [0.25, 0.3) is 11.1 Å². The topological polar surface area (TPSA) is 30.0 Å². The van der Waals surface area contributed by atoms with E-state index in [-0.39, 0.29) is 5.56 Å². The van der Waals surface area contributed by atoms with Crippen LogP contribution in [0.3, 0.4) is 0 Å². The zero-order chi connectivity index (χ0) is 10.7. The van der Waals surface area contributed by atoms with Gasteiger partial charge in [0.2, 0.25) is 0 Å². The lowest BCUT2D eigenvalue weighted by Gasteiger charge is -2.05. The van der Waals surface area contributed by atoms with Crippen LogP contribution in [0.1, 0.15) is 10.4 Å². The second kappa shape index (κ2) is 4.00. The molecular weight excluding hydrogens is 193 g/mol. The second-order valence-electron chi connectivity index (χ2n) is 3.07. The molecule has 0 aliphatic heterocycles. The van der Waals surface area contributed by atoms with Crippen molar-refractivity contribution in [3.05, 3.63) is 54.1 Å². The highest BCUT2D eigenvalue weighted by molar-refractivity contribution is 5.87. The van der Waals surface area contributed by atoms with E-state index < -0.39 is 5.82 Å². The van der Waals surface area contributed by atoms with Crippen LogP contribution >= 0.6 is 0 Å². The minimum Gasteiger partial charge on any atom is -0.298 e. The quantitative estimate of drug-likeness (QED) is 0.699. The molecule has 74 valence electrons. The van der Waals surface area contributed by atoms with Gasteiger partial charge >= 0.3 is 0 Å². The maximum Gasteiger partial charge on any atom is 0.152 e. The maximum atomic E-state index is 13.5. The summed E-state index contributed by atoms with van der Waals surface area (Å²) >= 11 is 0. The minimum atomic E-state index is -0.481. The average molecular weight is 201 g/mol. The van der Waals surface area contributed by atoms with Crippen LogP contribution in [0.4, 0.5) is 4.39 Å². The average Bonchev–Trinajstić information content (AvgIpc) is 2.29. The molecule has 0 aliphatic carbocycles. The molecule has 1 heterocycles. The largest absolute Gasteiger partial charge is 0.298 e. The van der Waals surface area contributed by atoms with Crippen molar-refractivity contribution in [3.8, 4) is 11.1 Å². The molecule has 0 bridgehead atoms. The van der Waals surface area contributed by atoms with Gasteiger partial charge in [-0.1, -0.05) is 30.3 Å². The fraction of sp³-hybridized carbons (Fsp3) is 0. The summed E-state index contributed by atoms with van der Waals surface area (Å²) in [6, 6.07) is 8.94. The highest BCUT2D eigenvalue weighted by Crippen LogP contribution is 2.24. The van der Waals surface area contributed by atoms with Gasteiger partial charge in [-0.3, -0.25) is 9.78 Å². The molecule has 0 saturated carbocycles. The number of aldehydes is 1. The molecule has 0 spiro atoms. The van der Waals surface area contributed by atoms with Crippen molar-refractivity contribution in [2.24, 2.45) is 0 Å². The Hall–Kier alpha value is -2.03. The van der Waals surface area contributed by atoms with Crippen molar-refractivity contribution < 1.29 is 9.18 Å². The van der Waals surface area contributed by atoms with E-state index in [4.69, 9.17) is 0 Å². The monoisotopic (exact) mass is 201 g/mol. The summed E-state index contributed by atoms with van der Waals surface area (Å²) in [5, 5.41) is 0. The Balaban J connectivity index is 2.66. The van der Waals surface area contributed by atoms with Crippen LogP contribution in [0.5, 0.6) is 0 Å².